The van der Waals surface area contributed by atoms with Gasteiger partial charge in [-0.25, -0.2) is 8.42 Å². The molecule has 0 saturated heterocycles. The summed E-state index contributed by atoms with van der Waals surface area (Å²) in [5.41, 5.74) is 0.309. The van der Waals surface area contributed by atoms with Crippen LogP contribution in [0.1, 0.15) is 0 Å². The monoisotopic (exact) mass is 407 g/mol. The standard InChI is InChI=1S/C16H13N3O6S2/c1-24-11-5-3-10(4-6-11)15-17-18-16(25-15)26-14-8-7-12(27(2,22)23)9-13(14)19(20)21/h3-9H,1-2H3. The van der Waals surface area contributed by atoms with E-state index < -0.39 is 14.8 Å². The zero-order chi connectivity index (χ0) is 19.6. The molecule has 0 fully saturated rings. The van der Waals surface area contributed by atoms with Crippen molar-refractivity contribution in [3.63, 3.8) is 0 Å². The molecular weight excluding hydrogens is 394 g/mol. The van der Waals surface area contributed by atoms with Crippen molar-refractivity contribution in [2.75, 3.05) is 13.4 Å². The molecule has 0 saturated carbocycles. The van der Waals surface area contributed by atoms with Gasteiger partial charge in [0.2, 0.25) is 5.89 Å². The minimum atomic E-state index is -3.56. The summed E-state index contributed by atoms with van der Waals surface area (Å²) in [6.07, 6.45) is 0.984. The number of nitro benzene ring substituents is 1. The molecule has 0 spiro atoms. The van der Waals surface area contributed by atoms with Crippen LogP contribution in [-0.4, -0.2) is 36.9 Å². The Hall–Kier alpha value is -2.92. The number of aromatic nitrogens is 2. The second-order valence-electron chi connectivity index (χ2n) is 5.36. The zero-order valence-corrected chi connectivity index (χ0v) is 15.8. The Morgan fingerprint density at radius 3 is 2.44 bits per heavy atom. The van der Waals surface area contributed by atoms with Crippen molar-refractivity contribution in [1.82, 2.24) is 10.2 Å². The number of sulfone groups is 1. The Balaban J connectivity index is 1.89. The van der Waals surface area contributed by atoms with E-state index >= 15 is 0 Å². The Morgan fingerprint density at radius 1 is 1.15 bits per heavy atom. The summed E-state index contributed by atoms with van der Waals surface area (Å²) in [5.74, 6) is 0.921. The third-order valence-corrected chi connectivity index (χ3v) is 5.51. The fourth-order valence-corrected chi connectivity index (χ4v) is 3.56. The SMILES string of the molecule is COc1ccc(-c2nnc(Sc3ccc(S(C)(=O)=O)cc3[N+](=O)[O-])o2)cc1. The number of nitro groups is 1. The first kappa shape index (κ1) is 18.9. The predicted octanol–water partition coefficient (Wildman–Crippen LogP) is 3.21. The highest BCUT2D eigenvalue weighted by atomic mass is 32.2. The van der Waals surface area contributed by atoms with Gasteiger partial charge in [-0.15, -0.1) is 10.2 Å². The van der Waals surface area contributed by atoms with Gasteiger partial charge >= 0.3 is 0 Å². The van der Waals surface area contributed by atoms with E-state index in [0.717, 1.165) is 24.1 Å². The number of hydrogen-bond acceptors (Lipinski definition) is 9. The molecule has 0 aliphatic heterocycles. The smallest absolute Gasteiger partial charge is 0.284 e. The van der Waals surface area contributed by atoms with Gasteiger partial charge in [-0.2, -0.15) is 0 Å². The Morgan fingerprint density at radius 2 is 1.85 bits per heavy atom. The maximum Gasteiger partial charge on any atom is 0.284 e. The fourth-order valence-electron chi connectivity index (χ4n) is 2.15. The van der Waals surface area contributed by atoms with Crippen molar-refractivity contribution >= 4 is 27.3 Å². The molecule has 0 radical (unpaired) electrons. The lowest BCUT2D eigenvalue weighted by Gasteiger charge is -2.02. The summed E-state index contributed by atoms with van der Waals surface area (Å²) in [7, 11) is -2.01. The van der Waals surface area contributed by atoms with E-state index in [0.29, 0.717) is 11.3 Å². The third-order valence-electron chi connectivity index (χ3n) is 3.50. The first-order valence-electron chi connectivity index (χ1n) is 7.42. The van der Waals surface area contributed by atoms with Crippen molar-refractivity contribution in [3.8, 4) is 17.2 Å². The highest BCUT2D eigenvalue weighted by Gasteiger charge is 2.21. The van der Waals surface area contributed by atoms with Crippen molar-refractivity contribution in [1.29, 1.82) is 0 Å². The van der Waals surface area contributed by atoms with Crippen LogP contribution in [0, 0.1) is 10.1 Å². The molecule has 11 heteroatoms. The van der Waals surface area contributed by atoms with Crippen molar-refractivity contribution in [3.05, 3.63) is 52.6 Å². The second-order valence-corrected chi connectivity index (χ2v) is 8.37. The van der Waals surface area contributed by atoms with Gasteiger partial charge in [0.25, 0.3) is 10.9 Å². The average Bonchev–Trinajstić information content (AvgIpc) is 3.09. The van der Waals surface area contributed by atoms with Gasteiger partial charge in [-0.1, -0.05) is 0 Å². The summed E-state index contributed by atoms with van der Waals surface area (Å²) >= 11 is 0.884. The minimum Gasteiger partial charge on any atom is -0.497 e. The van der Waals surface area contributed by atoms with Gasteiger partial charge in [-0.05, 0) is 48.2 Å². The number of nitrogens with zero attached hydrogens (tertiary/aromatic N) is 3. The van der Waals surface area contributed by atoms with Crippen LogP contribution in [0.15, 0.2) is 61.9 Å². The molecule has 9 nitrogen and oxygen atoms in total. The van der Waals surface area contributed by atoms with E-state index in [4.69, 9.17) is 9.15 Å². The van der Waals surface area contributed by atoms with Gasteiger partial charge < -0.3 is 9.15 Å². The van der Waals surface area contributed by atoms with E-state index in [-0.39, 0.29) is 26.6 Å². The average molecular weight is 407 g/mol. The van der Waals surface area contributed by atoms with Gasteiger partial charge in [0.05, 0.1) is 21.8 Å². The highest BCUT2D eigenvalue weighted by Crippen LogP contribution is 2.36. The molecule has 0 aliphatic rings. The first-order chi connectivity index (χ1) is 12.8. The van der Waals surface area contributed by atoms with Crippen molar-refractivity contribution < 1.29 is 22.5 Å². The van der Waals surface area contributed by atoms with Crippen LogP contribution in [0.5, 0.6) is 5.75 Å². The molecule has 0 aliphatic carbocycles. The number of methoxy groups -OCH3 is 1. The quantitative estimate of drug-likeness (QED) is 0.447. The van der Waals surface area contributed by atoms with Crippen LogP contribution in [0.4, 0.5) is 5.69 Å². The fraction of sp³-hybridized carbons (Fsp3) is 0.125. The second kappa shape index (κ2) is 7.37. The van der Waals surface area contributed by atoms with Gasteiger partial charge in [-0.3, -0.25) is 10.1 Å². The van der Waals surface area contributed by atoms with E-state index in [9.17, 15) is 18.5 Å². The maximum atomic E-state index is 11.6. The molecule has 27 heavy (non-hydrogen) atoms. The summed E-state index contributed by atoms with van der Waals surface area (Å²) in [6.45, 7) is 0. The molecule has 0 atom stereocenters. The summed E-state index contributed by atoms with van der Waals surface area (Å²) in [6, 6.07) is 10.6. The van der Waals surface area contributed by atoms with Gasteiger partial charge in [0.1, 0.15) is 5.75 Å². The molecule has 3 aromatic rings. The van der Waals surface area contributed by atoms with Crippen LogP contribution in [0.2, 0.25) is 0 Å². The van der Waals surface area contributed by atoms with Crippen molar-refractivity contribution in [2.24, 2.45) is 0 Å². The summed E-state index contributed by atoms with van der Waals surface area (Å²) in [5, 5.41) is 19.2. The molecule has 1 heterocycles. The van der Waals surface area contributed by atoms with E-state index in [2.05, 4.69) is 10.2 Å². The summed E-state index contributed by atoms with van der Waals surface area (Å²) in [4.78, 5) is 10.7. The van der Waals surface area contributed by atoms with E-state index in [1.54, 1.807) is 31.4 Å². The number of ether oxygens (including phenoxy) is 1. The Bertz CT molecular complexity index is 1090. The lowest BCUT2D eigenvalue weighted by molar-refractivity contribution is -0.388. The van der Waals surface area contributed by atoms with E-state index in [1.165, 1.54) is 12.1 Å². The minimum absolute atomic E-state index is 0.0935. The van der Waals surface area contributed by atoms with Gasteiger partial charge in [0.15, 0.2) is 9.84 Å². The Labute approximate surface area is 158 Å². The normalized spacial score (nSPS) is 11.3. The number of benzene rings is 2. The third kappa shape index (κ3) is 4.26. The predicted molar refractivity (Wildman–Crippen MR) is 96.6 cm³/mol. The molecule has 0 amide bonds. The van der Waals surface area contributed by atoms with Crippen LogP contribution in [0.25, 0.3) is 11.5 Å². The maximum absolute atomic E-state index is 11.6. The molecule has 2 aromatic carbocycles. The molecule has 1 aromatic heterocycles. The van der Waals surface area contributed by atoms with Crippen LogP contribution < -0.4 is 4.74 Å². The Kier molecular flexibility index (Phi) is 5.15. The lowest BCUT2D eigenvalue weighted by atomic mass is 10.2. The molecular formula is C16H13N3O6S2. The highest BCUT2D eigenvalue weighted by molar-refractivity contribution is 7.99. The van der Waals surface area contributed by atoms with E-state index in [1.807, 2.05) is 0 Å². The molecule has 140 valence electrons. The number of hydrogen-bond donors (Lipinski definition) is 0. The topological polar surface area (TPSA) is 125 Å². The summed E-state index contributed by atoms with van der Waals surface area (Å²) < 4.78 is 33.8. The number of rotatable bonds is 6. The lowest BCUT2D eigenvalue weighted by Crippen LogP contribution is -1.99. The van der Waals surface area contributed by atoms with Crippen LogP contribution >= 0.6 is 11.8 Å². The molecule has 3 rings (SSSR count). The molecule has 0 N–H and O–H groups in total. The molecule has 0 unspecified atom stereocenters. The first-order valence-corrected chi connectivity index (χ1v) is 10.1. The van der Waals surface area contributed by atoms with Gasteiger partial charge in [0, 0.05) is 17.9 Å². The zero-order valence-electron chi connectivity index (χ0n) is 14.1. The van der Waals surface area contributed by atoms with Crippen LogP contribution in [0.3, 0.4) is 0 Å². The van der Waals surface area contributed by atoms with Crippen LogP contribution in [-0.2, 0) is 9.84 Å². The largest absolute Gasteiger partial charge is 0.497 e. The van der Waals surface area contributed by atoms with Crippen molar-refractivity contribution in [2.45, 2.75) is 15.0 Å². The molecule has 0 bridgehead atoms.